The van der Waals surface area contributed by atoms with Gasteiger partial charge < -0.3 is 15.0 Å². The Morgan fingerprint density at radius 3 is 2.71 bits per heavy atom. The van der Waals surface area contributed by atoms with Crippen LogP contribution in [0.5, 0.6) is 0 Å². The SMILES string of the molecule is O=C(O)c1csc(CC2CCN(C(=O)c3[nH]c4ccc(Cl)cc4c3Cl)CC2)n1. The first-order valence-electron chi connectivity index (χ1n) is 8.86. The van der Waals surface area contributed by atoms with Crippen molar-refractivity contribution in [2.75, 3.05) is 13.1 Å². The molecule has 3 heterocycles. The van der Waals surface area contributed by atoms with E-state index in [1.165, 1.54) is 11.3 Å². The third-order valence-corrected chi connectivity index (χ3v) is 6.55. The van der Waals surface area contributed by atoms with Crippen LogP contribution in [0.1, 0.15) is 38.8 Å². The molecule has 0 spiro atoms. The minimum atomic E-state index is -1.00. The molecule has 146 valence electrons. The van der Waals surface area contributed by atoms with Gasteiger partial charge in [0, 0.05) is 40.8 Å². The second-order valence-corrected chi connectivity index (χ2v) is 8.63. The molecule has 6 nitrogen and oxygen atoms in total. The zero-order chi connectivity index (χ0) is 19.8. The van der Waals surface area contributed by atoms with Gasteiger partial charge in [-0.3, -0.25) is 4.79 Å². The predicted octanol–water partition coefficient (Wildman–Crippen LogP) is 4.72. The number of amides is 1. The number of likely N-dealkylation sites (tertiary alicyclic amines) is 1. The van der Waals surface area contributed by atoms with Crippen molar-refractivity contribution in [1.82, 2.24) is 14.9 Å². The van der Waals surface area contributed by atoms with E-state index in [1.807, 2.05) is 6.07 Å². The van der Waals surface area contributed by atoms with Crippen molar-refractivity contribution in [3.63, 3.8) is 0 Å². The number of aromatic nitrogens is 2. The van der Waals surface area contributed by atoms with Crippen LogP contribution >= 0.6 is 34.5 Å². The Kier molecular flexibility index (Phi) is 5.31. The van der Waals surface area contributed by atoms with Gasteiger partial charge in [0.15, 0.2) is 5.69 Å². The largest absolute Gasteiger partial charge is 0.476 e. The minimum absolute atomic E-state index is 0.0983. The van der Waals surface area contributed by atoms with Gasteiger partial charge in [-0.1, -0.05) is 23.2 Å². The number of hydrogen-bond donors (Lipinski definition) is 2. The van der Waals surface area contributed by atoms with E-state index >= 15 is 0 Å². The van der Waals surface area contributed by atoms with Crippen molar-refractivity contribution in [3.8, 4) is 0 Å². The number of carbonyl (C=O) groups is 2. The van der Waals surface area contributed by atoms with Crippen LogP contribution in [0.3, 0.4) is 0 Å². The van der Waals surface area contributed by atoms with Gasteiger partial charge >= 0.3 is 5.97 Å². The number of fused-ring (bicyclic) bond motifs is 1. The summed E-state index contributed by atoms with van der Waals surface area (Å²) in [6.07, 6.45) is 2.43. The minimum Gasteiger partial charge on any atom is -0.476 e. The van der Waals surface area contributed by atoms with Gasteiger partial charge in [0.05, 0.1) is 10.0 Å². The summed E-state index contributed by atoms with van der Waals surface area (Å²) in [7, 11) is 0. The van der Waals surface area contributed by atoms with Crippen molar-refractivity contribution in [1.29, 1.82) is 0 Å². The van der Waals surface area contributed by atoms with Crippen LogP contribution in [-0.2, 0) is 6.42 Å². The molecule has 1 aliphatic heterocycles. The normalized spacial score (nSPS) is 15.3. The van der Waals surface area contributed by atoms with E-state index < -0.39 is 5.97 Å². The Hall–Kier alpha value is -2.09. The number of hydrogen-bond acceptors (Lipinski definition) is 4. The van der Waals surface area contributed by atoms with E-state index in [0.29, 0.717) is 34.7 Å². The van der Waals surface area contributed by atoms with Crippen molar-refractivity contribution in [2.24, 2.45) is 5.92 Å². The zero-order valence-corrected chi connectivity index (χ0v) is 17.1. The van der Waals surface area contributed by atoms with Gasteiger partial charge in [0.1, 0.15) is 5.69 Å². The molecular weight excluding hydrogens is 421 g/mol. The van der Waals surface area contributed by atoms with Crippen LogP contribution in [0.25, 0.3) is 10.9 Å². The van der Waals surface area contributed by atoms with Crippen molar-refractivity contribution in [2.45, 2.75) is 19.3 Å². The second kappa shape index (κ2) is 7.73. The molecule has 0 unspecified atom stereocenters. The highest BCUT2D eigenvalue weighted by Gasteiger charge is 2.27. The monoisotopic (exact) mass is 437 g/mol. The van der Waals surface area contributed by atoms with Crippen LogP contribution in [0, 0.1) is 5.92 Å². The Balaban J connectivity index is 1.41. The highest BCUT2D eigenvalue weighted by atomic mass is 35.5. The van der Waals surface area contributed by atoms with Gasteiger partial charge in [0.25, 0.3) is 5.91 Å². The number of carboxylic acid groups (broad SMARTS) is 1. The number of aromatic amines is 1. The number of thiazole rings is 1. The molecule has 0 atom stereocenters. The van der Waals surface area contributed by atoms with E-state index in [0.717, 1.165) is 35.2 Å². The fraction of sp³-hybridized carbons (Fsp3) is 0.316. The lowest BCUT2D eigenvalue weighted by molar-refractivity contribution is 0.0676. The molecule has 2 N–H and O–H groups in total. The van der Waals surface area contributed by atoms with Crippen LogP contribution in [-0.4, -0.2) is 44.9 Å². The van der Waals surface area contributed by atoms with Gasteiger partial charge in [-0.15, -0.1) is 11.3 Å². The average Bonchev–Trinajstić information content (AvgIpc) is 3.27. The molecule has 2 aromatic heterocycles. The summed E-state index contributed by atoms with van der Waals surface area (Å²) in [5.41, 5.74) is 1.27. The topological polar surface area (TPSA) is 86.3 Å². The molecule has 1 saturated heterocycles. The van der Waals surface area contributed by atoms with Gasteiger partial charge in [-0.25, -0.2) is 9.78 Å². The number of rotatable bonds is 4. The Bertz CT molecular complexity index is 1050. The summed E-state index contributed by atoms with van der Waals surface area (Å²) < 4.78 is 0. The van der Waals surface area contributed by atoms with Crippen LogP contribution in [0.4, 0.5) is 0 Å². The third-order valence-electron chi connectivity index (χ3n) is 5.05. The number of carboxylic acids is 1. The first kappa shape index (κ1) is 19.2. The number of H-pyrrole nitrogens is 1. The standard InChI is InChI=1S/C19H17Cl2N3O3S/c20-11-1-2-13-12(8-11)16(21)17(23-13)18(25)24-5-3-10(4-6-24)7-15-22-14(9-28-15)19(26)27/h1-2,8-10,23H,3-7H2,(H,26,27). The maximum absolute atomic E-state index is 12.9. The number of nitrogens with one attached hydrogen (secondary N) is 1. The van der Waals surface area contributed by atoms with E-state index in [1.54, 1.807) is 22.4 Å². The maximum atomic E-state index is 12.9. The summed E-state index contributed by atoms with van der Waals surface area (Å²) in [5, 5.41) is 13.1. The van der Waals surface area contributed by atoms with E-state index in [-0.39, 0.29) is 11.6 Å². The van der Waals surface area contributed by atoms with Crippen LogP contribution in [0.15, 0.2) is 23.6 Å². The Morgan fingerprint density at radius 2 is 2.04 bits per heavy atom. The zero-order valence-electron chi connectivity index (χ0n) is 14.7. The predicted molar refractivity (Wildman–Crippen MR) is 110 cm³/mol. The number of carbonyl (C=O) groups excluding carboxylic acids is 1. The van der Waals surface area contributed by atoms with Crippen LogP contribution < -0.4 is 0 Å². The fourth-order valence-corrected chi connectivity index (χ4v) is 4.87. The number of nitrogens with zero attached hydrogens (tertiary/aromatic N) is 2. The molecule has 1 amide bonds. The second-order valence-electron chi connectivity index (χ2n) is 6.88. The highest BCUT2D eigenvalue weighted by molar-refractivity contribution is 7.09. The molecule has 1 aromatic carbocycles. The Labute approximate surface area is 175 Å². The summed E-state index contributed by atoms with van der Waals surface area (Å²) in [6, 6.07) is 5.31. The van der Waals surface area contributed by atoms with Gasteiger partial charge in [-0.2, -0.15) is 0 Å². The van der Waals surface area contributed by atoms with Crippen molar-refractivity contribution in [3.05, 3.63) is 50.0 Å². The molecule has 0 radical (unpaired) electrons. The smallest absolute Gasteiger partial charge is 0.355 e. The van der Waals surface area contributed by atoms with Crippen molar-refractivity contribution >= 4 is 57.3 Å². The van der Waals surface area contributed by atoms with Gasteiger partial charge in [0.2, 0.25) is 0 Å². The van der Waals surface area contributed by atoms with Crippen molar-refractivity contribution < 1.29 is 14.7 Å². The molecule has 3 aromatic rings. The molecule has 28 heavy (non-hydrogen) atoms. The molecule has 1 aliphatic rings. The lowest BCUT2D eigenvalue weighted by atomic mass is 9.93. The number of aromatic carboxylic acids is 1. The van der Waals surface area contributed by atoms with E-state index in [2.05, 4.69) is 9.97 Å². The molecule has 1 fully saturated rings. The summed E-state index contributed by atoms with van der Waals surface area (Å²) in [4.78, 5) is 32.9. The molecule has 0 bridgehead atoms. The lowest BCUT2D eigenvalue weighted by Crippen LogP contribution is -2.39. The molecule has 4 rings (SSSR count). The Morgan fingerprint density at radius 1 is 1.29 bits per heavy atom. The highest BCUT2D eigenvalue weighted by Crippen LogP contribution is 2.31. The lowest BCUT2D eigenvalue weighted by Gasteiger charge is -2.31. The molecule has 0 saturated carbocycles. The summed E-state index contributed by atoms with van der Waals surface area (Å²) in [5.74, 6) is -0.730. The summed E-state index contributed by atoms with van der Waals surface area (Å²) in [6.45, 7) is 1.26. The van der Waals surface area contributed by atoms with E-state index in [9.17, 15) is 9.59 Å². The molecular formula is C19H17Cl2N3O3S. The quantitative estimate of drug-likeness (QED) is 0.617. The average molecular weight is 438 g/mol. The first-order valence-corrected chi connectivity index (χ1v) is 10.5. The fourth-order valence-electron chi connectivity index (χ4n) is 3.53. The summed E-state index contributed by atoms with van der Waals surface area (Å²) >= 11 is 13.8. The van der Waals surface area contributed by atoms with Crippen LogP contribution in [0.2, 0.25) is 10.0 Å². The number of piperidine rings is 1. The molecule has 0 aliphatic carbocycles. The maximum Gasteiger partial charge on any atom is 0.355 e. The van der Waals surface area contributed by atoms with E-state index in [4.69, 9.17) is 28.3 Å². The number of halogens is 2. The first-order chi connectivity index (χ1) is 13.4. The van der Waals surface area contributed by atoms with Gasteiger partial charge in [-0.05, 0) is 37.0 Å². The molecule has 9 heteroatoms. The third kappa shape index (κ3) is 3.74. The number of benzene rings is 1.